The van der Waals surface area contributed by atoms with Crippen LogP contribution in [0.2, 0.25) is 0 Å². The molecule has 0 saturated carbocycles. The molecule has 1 N–H and O–H groups in total. The normalized spacial score (nSPS) is 10.7. The molecule has 0 atom stereocenters. The van der Waals surface area contributed by atoms with Gasteiger partial charge >= 0.3 is 0 Å². The molecule has 2 aromatic carbocycles. The molecule has 2 rings (SSSR count). The van der Waals surface area contributed by atoms with Crippen molar-refractivity contribution in [2.45, 2.75) is 142 Å². The van der Waals surface area contributed by atoms with Crippen LogP contribution in [0.25, 0.3) is 0 Å². The molecule has 0 radical (unpaired) electrons. The first-order valence-corrected chi connectivity index (χ1v) is 21.6. The number of unbranched alkanes of at least 4 members (excludes halogenated alkanes) is 18. The minimum absolute atomic E-state index is 0.0957. The van der Waals surface area contributed by atoms with Crippen LogP contribution >= 0.6 is 22.6 Å². The lowest BCUT2D eigenvalue weighted by Crippen LogP contribution is -2.11. The predicted molar refractivity (Wildman–Crippen MR) is 225 cm³/mol. The highest BCUT2D eigenvalue weighted by Crippen LogP contribution is 2.12. The van der Waals surface area contributed by atoms with Gasteiger partial charge in [-0.25, -0.2) is 0 Å². The van der Waals surface area contributed by atoms with Crippen LogP contribution in [-0.2, 0) is 18.9 Å². The van der Waals surface area contributed by atoms with Crippen molar-refractivity contribution in [3.63, 3.8) is 0 Å². The Kier molecular flexibility index (Phi) is 43.8. The van der Waals surface area contributed by atoms with Crippen LogP contribution in [0.5, 0.6) is 5.75 Å². The second kappa shape index (κ2) is 44.9. The van der Waals surface area contributed by atoms with E-state index in [0.717, 1.165) is 25.4 Å². The van der Waals surface area contributed by atoms with Crippen molar-refractivity contribution >= 4 is 22.6 Å². The van der Waals surface area contributed by atoms with Gasteiger partial charge in [-0.1, -0.05) is 166 Å². The smallest absolute Gasteiger partial charge is 0.119 e. The summed E-state index contributed by atoms with van der Waals surface area (Å²) in [5.41, 5.74) is 0. The lowest BCUT2D eigenvalue weighted by atomic mass is 10.1. The van der Waals surface area contributed by atoms with Gasteiger partial charge in [0.15, 0.2) is 0 Å². The molecule has 0 aromatic heterocycles. The lowest BCUT2D eigenvalue weighted by molar-refractivity contribution is 0.0321. The van der Waals surface area contributed by atoms with Crippen molar-refractivity contribution in [3.8, 4) is 5.75 Å². The monoisotopic (exact) mass is 828 g/mol. The zero-order valence-electron chi connectivity index (χ0n) is 32.9. The Balaban J connectivity index is 0.000000842. The molecular formula is C44H77IO6. The van der Waals surface area contributed by atoms with Gasteiger partial charge in [0.05, 0.1) is 46.2 Å². The number of halogens is 1. The maximum atomic E-state index is 8.50. The van der Waals surface area contributed by atoms with E-state index >= 15 is 0 Å². The Morgan fingerprint density at radius 3 is 1.10 bits per heavy atom. The number of para-hydroxylation sites is 1. The zero-order chi connectivity index (χ0) is 37.0. The summed E-state index contributed by atoms with van der Waals surface area (Å²) in [6, 6.07) is 20.0. The van der Waals surface area contributed by atoms with E-state index in [2.05, 4.69) is 48.6 Å². The van der Waals surface area contributed by atoms with Crippen LogP contribution < -0.4 is 4.74 Å². The Labute approximate surface area is 328 Å². The molecule has 51 heavy (non-hydrogen) atoms. The molecule has 0 fully saturated rings. The van der Waals surface area contributed by atoms with E-state index in [-0.39, 0.29) is 6.61 Å². The first kappa shape index (κ1) is 49.8. The molecule has 2 aromatic rings. The molecule has 0 bridgehead atoms. The van der Waals surface area contributed by atoms with Crippen LogP contribution in [0.1, 0.15) is 142 Å². The van der Waals surface area contributed by atoms with Crippen molar-refractivity contribution in [1.29, 1.82) is 0 Å². The molecule has 0 aliphatic carbocycles. The third-order valence-electron chi connectivity index (χ3n) is 8.24. The second-order valence-electron chi connectivity index (χ2n) is 13.0. The number of ether oxygens (including phenoxy) is 5. The highest BCUT2D eigenvalue weighted by Gasteiger charge is 1.96. The van der Waals surface area contributed by atoms with Gasteiger partial charge in [0.1, 0.15) is 12.4 Å². The third kappa shape index (κ3) is 43.1. The minimum atomic E-state index is 0.0957. The summed E-state index contributed by atoms with van der Waals surface area (Å²) in [5, 5.41) is 8.50. The molecule has 7 heteroatoms. The fourth-order valence-corrected chi connectivity index (χ4v) is 5.66. The van der Waals surface area contributed by atoms with E-state index in [1.807, 2.05) is 48.5 Å². The van der Waals surface area contributed by atoms with Crippen molar-refractivity contribution in [2.75, 3.05) is 66.1 Å². The lowest BCUT2D eigenvalue weighted by Gasteiger charge is -2.07. The largest absolute Gasteiger partial charge is 0.491 e. The molecule has 0 saturated heterocycles. The number of hydrogen-bond acceptors (Lipinski definition) is 6. The van der Waals surface area contributed by atoms with Gasteiger partial charge in [-0.2, -0.15) is 0 Å². The topological polar surface area (TPSA) is 66.4 Å². The van der Waals surface area contributed by atoms with Crippen molar-refractivity contribution in [1.82, 2.24) is 0 Å². The average molecular weight is 829 g/mol. The van der Waals surface area contributed by atoms with Crippen LogP contribution in [0.15, 0.2) is 60.7 Å². The van der Waals surface area contributed by atoms with Crippen molar-refractivity contribution in [3.05, 3.63) is 64.2 Å². The van der Waals surface area contributed by atoms with E-state index in [9.17, 15) is 0 Å². The standard InChI is InChI=1S/C22H38O3.C16H34O3.C6H5I/c1-2-3-4-5-6-7-8-9-10-14-17-23-18-19-24-20-21-25-22-15-12-11-13-16-22;1-2-3-4-5-6-7-8-9-10-11-13-18-15-16-19-14-12-17;7-6-4-2-1-3-5-6/h11-13,15-16H,2-10,14,17-21H2,1H3;17H,2-16H2,1H3;1-5H. The van der Waals surface area contributed by atoms with Gasteiger partial charge in [0, 0.05) is 16.8 Å². The highest BCUT2D eigenvalue weighted by molar-refractivity contribution is 14.1. The number of benzene rings is 2. The maximum Gasteiger partial charge on any atom is 0.119 e. The quantitative estimate of drug-likeness (QED) is 0.0560. The average Bonchev–Trinajstić information content (AvgIpc) is 3.16. The molecular weight excluding hydrogens is 751 g/mol. The van der Waals surface area contributed by atoms with Gasteiger partial charge < -0.3 is 28.8 Å². The van der Waals surface area contributed by atoms with Crippen molar-refractivity contribution < 1.29 is 28.8 Å². The molecule has 0 amide bonds. The summed E-state index contributed by atoms with van der Waals surface area (Å²) in [6.07, 6.45) is 27.2. The summed E-state index contributed by atoms with van der Waals surface area (Å²) in [4.78, 5) is 0. The summed E-state index contributed by atoms with van der Waals surface area (Å²) < 4.78 is 28.5. The fourth-order valence-electron chi connectivity index (χ4n) is 5.24. The fraction of sp³-hybridized carbons (Fsp3) is 0.727. The van der Waals surface area contributed by atoms with Crippen LogP contribution in [0.3, 0.4) is 0 Å². The Morgan fingerprint density at radius 1 is 0.392 bits per heavy atom. The maximum absolute atomic E-state index is 8.50. The minimum Gasteiger partial charge on any atom is -0.491 e. The first-order valence-electron chi connectivity index (χ1n) is 20.5. The molecule has 6 nitrogen and oxygen atoms in total. The molecule has 0 spiro atoms. The van der Waals surface area contributed by atoms with Crippen LogP contribution in [0.4, 0.5) is 0 Å². The van der Waals surface area contributed by atoms with E-state index < -0.39 is 0 Å². The summed E-state index contributed by atoms with van der Waals surface area (Å²) in [6.45, 7) is 10.5. The Bertz CT molecular complexity index is 856. The third-order valence-corrected chi connectivity index (χ3v) is 8.96. The summed E-state index contributed by atoms with van der Waals surface area (Å²) in [7, 11) is 0. The SMILES string of the molecule is CCCCCCCCCCCCOCCOCCO.CCCCCCCCCCCCOCCOCCOc1ccccc1.Ic1ccccc1. The van der Waals surface area contributed by atoms with E-state index in [1.165, 1.54) is 126 Å². The van der Waals surface area contributed by atoms with E-state index in [1.54, 1.807) is 0 Å². The number of aliphatic hydroxyl groups excluding tert-OH is 1. The van der Waals surface area contributed by atoms with Crippen LogP contribution in [0, 0.1) is 3.57 Å². The van der Waals surface area contributed by atoms with E-state index in [4.69, 9.17) is 28.8 Å². The molecule has 0 unspecified atom stereocenters. The van der Waals surface area contributed by atoms with Crippen LogP contribution in [-0.4, -0.2) is 71.2 Å². The van der Waals surface area contributed by atoms with Gasteiger partial charge in [-0.05, 0) is 59.7 Å². The summed E-state index contributed by atoms with van der Waals surface area (Å²) in [5.74, 6) is 0.892. The number of aliphatic hydroxyl groups is 1. The van der Waals surface area contributed by atoms with Gasteiger partial charge in [-0.3, -0.25) is 0 Å². The first-order chi connectivity index (χ1) is 25.2. The Hall–Kier alpha value is -1.23. The number of rotatable bonds is 34. The molecule has 0 heterocycles. The molecule has 0 aliphatic rings. The van der Waals surface area contributed by atoms with Crippen molar-refractivity contribution in [2.24, 2.45) is 0 Å². The second-order valence-corrected chi connectivity index (χ2v) is 14.2. The molecule has 0 aliphatic heterocycles. The van der Waals surface area contributed by atoms with Gasteiger partial charge in [0.2, 0.25) is 0 Å². The Morgan fingerprint density at radius 2 is 0.725 bits per heavy atom. The predicted octanol–water partition coefficient (Wildman–Crippen LogP) is 12.2. The van der Waals surface area contributed by atoms with Gasteiger partial charge in [0.25, 0.3) is 0 Å². The highest BCUT2D eigenvalue weighted by atomic mass is 127. The van der Waals surface area contributed by atoms with E-state index in [0.29, 0.717) is 46.2 Å². The molecule has 296 valence electrons. The summed E-state index contributed by atoms with van der Waals surface area (Å²) >= 11 is 2.28. The van der Waals surface area contributed by atoms with Gasteiger partial charge in [-0.15, -0.1) is 0 Å². The number of hydrogen-bond donors (Lipinski definition) is 1. The zero-order valence-corrected chi connectivity index (χ0v) is 35.0.